The number of piperidine rings is 1. The van der Waals surface area contributed by atoms with E-state index in [0.717, 1.165) is 46.8 Å². The first-order valence-electron chi connectivity index (χ1n) is 9.60. The van der Waals surface area contributed by atoms with Gasteiger partial charge in [-0.15, -0.1) is 0 Å². The highest BCUT2D eigenvalue weighted by atomic mass is 35.5. The fourth-order valence-electron chi connectivity index (χ4n) is 3.94. The molecule has 1 unspecified atom stereocenters. The van der Waals surface area contributed by atoms with Gasteiger partial charge in [0, 0.05) is 24.0 Å². The number of hydrogen-bond acceptors (Lipinski definition) is 2. The summed E-state index contributed by atoms with van der Waals surface area (Å²) in [4.78, 5) is 19.9. The molecule has 1 saturated heterocycles. The maximum atomic E-state index is 13.0. The molecule has 140 valence electrons. The van der Waals surface area contributed by atoms with Crippen molar-refractivity contribution in [2.45, 2.75) is 45.2 Å². The van der Waals surface area contributed by atoms with Gasteiger partial charge in [0.2, 0.25) is 5.91 Å². The number of fused-ring (bicyclic) bond motifs is 1. The van der Waals surface area contributed by atoms with Crippen LogP contribution in [0, 0.1) is 0 Å². The molecule has 4 rings (SSSR count). The van der Waals surface area contributed by atoms with Crippen LogP contribution in [0.25, 0.3) is 11.0 Å². The average molecular weight is 382 g/mol. The van der Waals surface area contributed by atoms with Gasteiger partial charge in [0.25, 0.3) is 0 Å². The van der Waals surface area contributed by atoms with Gasteiger partial charge >= 0.3 is 0 Å². The third-order valence-electron chi connectivity index (χ3n) is 5.46. The molecule has 0 bridgehead atoms. The Hall–Kier alpha value is -2.33. The summed E-state index contributed by atoms with van der Waals surface area (Å²) in [7, 11) is 0. The summed E-state index contributed by atoms with van der Waals surface area (Å²) in [5.74, 6) is 1.05. The van der Waals surface area contributed by atoms with E-state index < -0.39 is 0 Å². The molecule has 4 nitrogen and oxygen atoms in total. The van der Waals surface area contributed by atoms with Gasteiger partial charge in [-0.1, -0.05) is 41.9 Å². The predicted molar refractivity (Wildman–Crippen MR) is 109 cm³/mol. The van der Waals surface area contributed by atoms with Gasteiger partial charge in [-0.2, -0.15) is 0 Å². The molecule has 1 fully saturated rings. The Labute approximate surface area is 164 Å². The second kappa shape index (κ2) is 7.73. The SMILES string of the molecule is CC1CCCCN1C(=O)Cn1c(Cc2ccccc2Cl)nc2ccccc21. The zero-order valence-electron chi connectivity index (χ0n) is 15.6. The molecule has 1 aliphatic heterocycles. The summed E-state index contributed by atoms with van der Waals surface area (Å²) in [6, 6.07) is 16.1. The lowest BCUT2D eigenvalue weighted by Gasteiger charge is -2.33. The lowest BCUT2D eigenvalue weighted by Crippen LogP contribution is -2.43. The van der Waals surface area contributed by atoms with E-state index in [2.05, 4.69) is 11.5 Å². The van der Waals surface area contributed by atoms with Crippen molar-refractivity contribution in [3.63, 3.8) is 0 Å². The molecule has 3 aromatic rings. The van der Waals surface area contributed by atoms with Crippen LogP contribution in [0.2, 0.25) is 5.02 Å². The van der Waals surface area contributed by atoms with Crippen molar-refractivity contribution in [3.05, 3.63) is 64.9 Å². The third kappa shape index (κ3) is 3.72. The fourth-order valence-corrected chi connectivity index (χ4v) is 4.15. The van der Waals surface area contributed by atoms with E-state index in [1.165, 1.54) is 6.42 Å². The molecule has 0 N–H and O–H groups in total. The van der Waals surface area contributed by atoms with Gasteiger partial charge in [-0.3, -0.25) is 4.79 Å². The molecule has 27 heavy (non-hydrogen) atoms. The number of likely N-dealkylation sites (tertiary alicyclic amines) is 1. The van der Waals surface area contributed by atoms with Crippen molar-refractivity contribution >= 4 is 28.5 Å². The Bertz CT molecular complexity index is 965. The average Bonchev–Trinajstić information content (AvgIpc) is 3.01. The number of amides is 1. The van der Waals surface area contributed by atoms with E-state index in [4.69, 9.17) is 16.6 Å². The summed E-state index contributed by atoms with van der Waals surface area (Å²) in [5, 5.41) is 0.729. The molecule has 1 atom stereocenters. The Morgan fingerprint density at radius 1 is 1.15 bits per heavy atom. The predicted octanol–water partition coefficient (Wildman–Crippen LogP) is 4.68. The van der Waals surface area contributed by atoms with E-state index >= 15 is 0 Å². The minimum Gasteiger partial charge on any atom is -0.338 e. The molecule has 1 aliphatic rings. The maximum Gasteiger partial charge on any atom is 0.242 e. The molecule has 1 amide bonds. The number of benzene rings is 2. The minimum absolute atomic E-state index is 0.172. The van der Waals surface area contributed by atoms with Crippen molar-refractivity contribution in [3.8, 4) is 0 Å². The minimum atomic E-state index is 0.172. The maximum absolute atomic E-state index is 13.0. The number of hydrogen-bond donors (Lipinski definition) is 0. The molecule has 1 aromatic heterocycles. The lowest BCUT2D eigenvalue weighted by atomic mass is 10.0. The monoisotopic (exact) mass is 381 g/mol. The summed E-state index contributed by atoms with van der Waals surface area (Å²) in [5.41, 5.74) is 2.94. The van der Waals surface area contributed by atoms with Crippen LogP contribution in [0.3, 0.4) is 0 Å². The highest BCUT2D eigenvalue weighted by molar-refractivity contribution is 6.31. The molecule has 2 heterocycles. The Kier molecular flexibility index (Phi) is 5.17. The molecule has 0 radical (unpaired) electrons. The van der Waals surface area contributed by atoms with Crippen LogP contribution in [0.5, 0.6) is 0 Å². The number of carbonyl (C=O) groups excluding carboxylic acids is 1. The molecule has 0 saturated carbocycles. The number of imidazole rings is 1. The first-order chi connectivity index (χ1) is 13.1. The number of para-hydroxylation sites is 2. The molecular weight excluding hydrogens is 358 g/mol. The van der Waals surface area contributed by atoms with Crippen molar-refractivity contribution in [2.24, 2.45) is 0 Å². The summed E-state index contributed by atoms with van der Waals surface area (Å²) in [6.07, 6.45) is 3.99. The van der Waals surface area contributed by atoms with Crippen LogP contribution in [-0.2, 0) is 17.8 Å². The van der Waals surface area contributed by atoms with E-state index in [1.807, 2.05) is 53.4 Å². The summed E-state index contributed by atoms with van der Waals surface area (Å²) >= 11 is 6.36. The van der Waals surface area contributed by atoms with Crippen LogP contribution in [0.15, 0.2) is 48.5 Å². The molecule has 2 aromatic carbocycles. The number of carbonyl (C=O) groups is 1. The highest BCUT2D eigenvalue weighted by Gasteiger charge is 2.24. The van der Waals surface area contributed by atoms with Crippen LogP contribution in [0.1, 0.15) is 37.6 Å². The van der Waals surface area contributed by atoms with Gasteiger partial charge < -0.3 is 9.47 Å². The van der Waals surface area contributed by atoms with Gasteiger partial charge in [-0.25, -0.2) is 4.98 Å². The largest absolute Gasteiger partial charge is 0.338 e. The topological polar surface area (TPSA) is 38.1 Å². The van der Waals surface area contributed by atoms with Gasteiger partial charge in [0.1, 0.15) is 12.4 Å². The van der Waals surface area contributed by atoms with Crippen molar-refractivity contribution in [2.75, 3.05) is 6.54 Å². The lowest BCUT2D eigenvalue weighted by molar-refractivity contribution is -0.135. The van der Waals surface area contributed by atoms with Gasteiger partial charge in [-0.05, 0) is 49.9 Å². The Balaban J connectivity index is 1.68. The second-order valence-corrected chi connectivity index (χ2v) is 7.71. The zero-order valence-corrected chi connectivity index (χ0v) is 16.3. The molecular formula is C22H24ClN3O. The van der Waals surface area contributed by atoms with Gasteiger partial charge in [0.15, 0.2) is 0 Å². The van der Waals surface area contributed by atoms with Crippen molar-refractivity contribution in [1.29, 1.82) is 0 Å². The van der Waals surface area contributed by atoms with Gasteiger partial charge in [0.05, 0.1) is 11.0 Å². The standard InChI is InChI=1S/C22H24ClN3O/c1-16-8-6-7-13-25(16)22(27)15-26-20-12-5-4-11-19(20)24-21(26)14-17-9-2-3-10-18(17)23/h2-5,9-12,16H,6-8,13-15H2,1H3. The van der Waals surface area contributed by atoms with Crippen LogP contribution < -0.4 is 0 Å². The summed E-state index contributed by atoms with van der Waals surface area (Å²) < 4.78 is 2.06. The van der Waals surface area contributed by atoms with Crippen molar-refractivity contribution in [1.82, 2.24) is 14.5 Å². The van der Waals surface area contributed by atoms with Crippen molar-refractivity contribution < 1.29 is 4.79 Å². The third-order valence-corrected chi connectivity index (χ3v) is 5.83. The van der Waals surface area contributed by atoms with Crippen LogP contribution in [0.4, 0.5) is 0 Å². The van der Waals surface area contributed by atoms with E-state index in [1.54, 1.807) is 0 Å². The molecule has 0 aliphatic carbocycles. The second-order valence-electron chi connectivity index (χ2n) is 7.30. The van der Waals surface area contributed by atoms with Crippen LogP contribution in [-0.4, -0.2) is 32.9 Å². The first kappa shape index (κ1) is 18.1. The van der Waals surface area contributed by atoms with E-state index in [9.17, 15) is 4.79 Å². The van der Waals surface area contributed by atoms with E-state index in [-0.39, 0.29) is 5.91 Å². The fraction of sp³-hybridized carbons (Fsp3) is 0.364. The quantitative estimate of drug-likeness (QED) is 0.658. The number of rotatable bonds is 4. The molecule has 5 heteroatoms. The number of aromatic nitrogens is 2. The summed E-state index contributed by atoms with van der Waals surface area (Å²) in [6.45, 7) is 3.32. The normalized spacial score (nSPS) is 17.4. The Morgan fingerprint density at radius 2 is 1.93 bits per heavy atom. The zero-order chi connectivity index (χ0) is 18.8. The van der Waals surface area contributed by atoms with E-state index in [0.29, 0.717) is 19.0 Å². The van der Waals surface area contributed by atoms with Crippen LogP contribution >= 0.6 is 11.6 Å². The smallest absolute Gasteiger partial charge is 0.242 e. The Morgan fingerprint density at radius 3 is 2.74 bits per heavy atom. The highest BCUT2D eigenvalue weighted by Crippen LogP contribution is 2.23. The first-order valence-corrected chi connectivity index (χ1v) is 9.98. The number of halogens is 1. The molecule has 0 spiro atoms. The number of nitrogens with zero attached hydrogens (tertiary/aromatic N) is 3.